The molecule has 0 bridgehead atoms. The van der Waals surface area contributed by atoms with Crippen molar-refractivity contribution in [2.75, 3.05) is 13.7 Å². The van der Waals surface area contributed by atoms with Gasteiger partial charge in [0, 0.05) is 12.6 Å². The van der Waals surface area contributed by atoms with Crippen LogP contribution < -0.4 is 4.74 Å². The maximum atomic E-state index is 12.6. The molecule has 0 saturated carbocycles. The number of aromatic hydroxyl groups is 1. The van der Waals surface area contributed by atoms with E-state index in [9.17, 15) is 24.8 Å². The number of ether oxygens (including phenoxy) is 1. The van der Waals surface area contributed by atoms with Crippen molar-refractivity contribution in [3.05, 3.63) is 68.6 Å². The molecule has 0 radical (unpaired) electrons. The molecule has 0 aromatic heterocycles. The smallest absolute Gasteiger partial charge is 0.315 e. The zero-order chi connectivity index (χ0) is 21.0. The van der Waals surface area contributed by atoms with Crippen LogP contribution in [0.25, 0.3) is 6.08 Å². The molecular weight excluding hydrogens is 396 g/mol. The quantitative estimate of drug-likeness (QED) is 0.414. The number of phenolic OH excluding ortho intramolecular Hbond substituents is 1. The molecule has 29 heavy (non-hydrogen) atoms. The molecule has 1 aliphatic rings. The van der Waals surface area contributed by atoms with E-state index in [2.05, 4.69) is 0 Å². The molecule has 150 valence electrons. The van der Waals surface area contributed by atoms with Crippen LogP contribution in [-0.4, -0.2) is 39.7 Å². The van der Waals surface area contributed by atoms with Gasteiger partial charge in [-0.25, -0.2) is 0 Å². The number of nitro benzene ring substituents is 1. The second-order valence-corrected chi connectivity index (χ2v) is 7.26. The molecule has 1 aliphatic heterocycles. The zero-order valence-electron chi connectivity index (χ0n) is 15.5. The van der Waals surface area contributed by atoms with Gasteiger partial charge in [-0.05, 0) is 47.9 Å². The number of carbonyl (C=O) groups is 2. The van der Waals surface area contributed by atoms with E-state index in [1.54, 1.807) is 0 Å². The van der Waals surface area contributed by atoms with Crippen molar-refractivity contribution in [3.63, 3.8) is 0 Å². The van der Waals surface area contributed by atoms with Crippen LogP contribution in [0.15, 0.2) is 47.4 Å². The summed E-state index contributed by atoms with van der Waals surface area (Å²) in [6, 6.07) is 12.3. The Labute approximate surface area is 170 Å². The number of phenols is 1. The average molecular weight is 414 g/mol. The zero-order valence-corrected chi connectivity index (χ0v) is 16.3. The van der Waals surface area contributed by atoms with Gasteiger partial charge in [0.2, 0.25) is 5.75 Å². The maximum Gasteiger partial charge on any atom is 0.315 e. The van der Waals surface area contributed by atoms with Crippen LogP contribution in [0.4, 0.5) is 10.5 Å². The third-order valence-corrected chi connectivity index (χ3v) is 5.26. The topological polar surface area (TPSA) is 110 Å². The van der Waals surface area contributed by atoms with Gasteiger partial charge in [-0.1, -0.05) is 30.3 Å². The highest BCUT2D eigenvalue weighted by Crippen LogP contribution is 2.39. The second kappa shape index (κ2) is 8.78. The number of amides is 2. The Hall–Kier alpha value is -3.33. The van der Waals surface area contributed by atoms with E-state index in [0.29, 0.717) is 6.42 Å². The van der Waals surface area contributed by atoms with E-state index in [1.165, 1.54) is 24.2 Å². The lowest BCUT2D eigenvalue weighted by Gasteiger charge is -2.12. The fraction of sp³-hybridized carbons (Fsp3) is 0.200. The van der Waals surface area contributed by atoms with Gasteiger partial charge in [-0.15, -0.1) is 0 Å². The molecule has 2 amide bonds. The molecule has 9 heteroatoms. The highest BCUT2D eigenvalue weighted by atomic mass is 32.2. The van der Waals surface area contributed by atoms with Crippen LogP contribution in [0.1, 0.15) is 17.5 Å². The Balaban J connectivity index is 1.76. The summed E-state index contributed by atoms with van der Waals surface area (Å²) in [5, 5.41) is 20.6. The van der Waals surface area contributed by atoms with Crippen molar-refractivity contribution >= 4 is 34.7 Å². The summed E-state index contributed by atoms with van der Waals surface area (Å²) in [6.45, 7) is 0.288. The van der Waals surface area contributed by atoms with Gasteiger partial charge in [-0.2, -0.15) is 0 Å². The van der Waals surface area contributed by atoms with Crippen LogP contribution in [0.5, 0.6) is 11.5 Å². The minimum Gasteiger partial charge on any atom is -0.500 e. The molecule has 1 heterocycles. The summed E-state index contributed by atoms with van der Waals surface area (Å²) in [6.07, 6.45) is 2.76. The largest absolute Gasteiger partial charge is 0.500 e. The summed E-state index contributed by atoms with van der Waals surface area (Å²) in [5.74, 6) is -1.13. The predicted molar refractivity (Wildman–Crippen MR) is 109 cm³/mol. The van der Waals surface area contributed by atoms with Gasteiger partial charge in [0.15, 0.2) is 5.75 Å². The van der Waals surface area contributed by atoms with Crippen molar-refractivity contribution < 1.29 is 24.4 Å². The Kier molecular flexibility index (Phi) is 6.18. The molecular formula is C20H18N2O6S. The van der Waals surface area contributed by atoms with Gasteiger partial charge in [0.1, 0.15) is 0 Å². The number of aryl methyl sites for hydroxylation is 1. The SMILES string of the molecule is COc1cc(/C=C2/SC(=O)N(CCCc3ccccc3)C2=O)cc([N+](=O)[O-])c1O. The first-order valence-corrected chi connectivity index (χ1v) is 9.57. The fourth-order valence-corrected chi connectivity index (χ4v) is 3.79. The molecule has 2 aromatic rings. The number of methoxy groups -OCH3 is 1. The number of imide groups is 1. The normalized spacial score (nSPS) is 15.2. The number of hydrogen-bond acceptors (Lipinski definition) is 7. The summed E-state index contributed by atoms with van der Waals surface area (Å²) < 4.78 is 4.95. The molecule has 1 fully saturated rings. The van der Waals surface area contributed by atoms with Crippen molar-refractivity contribution in [2.24, 2.45) is 0 Å². The van der Waals surface area contributed by atoms with Crippen LogP contribution >= 0.6 is 11.8 Å². The second-order valence-electron chi connectivity index (χ2n) is 6.27. The monoisotopic (exact) mass is 414 g/mol. The molecule has 0 aliphatic carbocycles. The Morgan fingerprint density at radius 3 is 2.62 bits per heavy atom. The van der Waals surface area contributed by atoms with Gasteiger partial charge in [0.25, 0.3) is 11.1 Å². The first kappa shape index (κ1) is 20.4. The standard InChI is InChI=1S/C20H18N2O6S/c1-28-16-11-14(10-15(18(16)23)22(26)27)12-17-19(24)21(20(25)29-17)9-5-8-13-6-3-2-4-7-13/h2-4,6-7,10-12,23H,5,8-9H2,1H3/b17-12+. The van der Waals surface area contributed by atoms with Crippen LogP contribution in [-0.2, 0) is 11.2 Å². The number of nitro groups is 1. The minimum absolute atomic E-state index is 0.0902. The minimum atomic E-state index is -0.746. The van der Waals surface area contributed by atoms with E-state index in [4.69, 9.17) is 4.74 Å². The van der Waals surface area contributed by atoms with Gasteiger partial charge in [0.05, 0.1) is 16.9 Å². The summed E-state index contributed by atoms with van der Waals surface area (Å²) in [5.41, 5.74) is 0.859. The third-order valence-electron chi connectivity index (χ3n) is 4.36. The molecule has 8 nitrogen and oxygen atoms in total. The summed E-state index contributed by atoms with van der Waals surface area (Å²) in [4.78, 5) is 36.5. The predicted octanol–water partition coefficient (Wildman–Crippen LogP) is 3.98. The van der Waals surface area contributed by atoms with E-state index in [1.807, 2.05) is 30.3 Å². The molecule has 0 spiro atoms. The van der Waals surface area contributed by atoms with Crippen LogP contribution in [0.2, 0.25) is 0 Å². The lowest BCUT2D eigenvalue weighted by molar-refractivity contribution is -0.386. The highest BCUT2D eigenvalue weighted by Gasteiger charge is 2.34. The number of rotatable bonds is 7. The third kappa shape index (κ3) is 4.57. The van der Waals surface area contributed by atoms with Crippen molar-refractivity contribution in [2.45, 2.75) is 12.8 Å². The van der Waals surface area contributed by atoms with Crippen LogP contribution in [0, 0.1) is 10.1 Å². The number of thioether (sulfide) groups is 1. The molecule has 1 N–H and O–H groups in total. The number of hydrogen-bond donors (Lipinski definition) is 1. The van der Waals surface area contributed by atoms with E-state index >= 15 is 0 Å². The highest BCUT2D eigenvalue weighted by molar-refractivity contribution is 8.18. The van der Waals surface area contributed by atoms with E-state index < -0.39 is 22.3 Å². The Bertz CT molecular complexity index is 990. The lowest BCUT2D eigenvalue weighted by Crippen LogP contribution is -2.29. The first-order valence-electron chi connectivity index (χ1n) is 8.75. The van der Waals surface area contributed by atoms with Crippen molar-refractivity contribution in [1.29, 1.82) is 0 Å². The molecule has 0 atom stereocenters. The number of benzene rings is 2. The Morgan fingerprint density at radius 1 is 1.24 bits per heavy atom. The van der Waals surface area contributed by atoms with Gasteiger partial charge in [-0.3, -0.25) is 24.6 Å². The van der Waals surface area contributed by atoms with Gasteiger partial charge >= 0.3 is 5.69 Å². The lowest BCUT2D eigenvalue weighted by atomic mass is 10.1. The van der Waals surface area contributed by atoms with E-state index in [0.717, 1.165) is 29.8 Å². The number of carbonyl (C=O) groups excluding carboxylic acids is 2. The fourth-order valence-electron chi connectivity index (χ4n) is 2.92. The molecule has 3 rings (SSSR count). The molecule has 0 unspecified atom stereocenters. The molecule has 1 saturated heterocycles. The van der Waals surface area contributed by atoms with Crippen molar-refractivity contribution in [3.8, 4) is 11.5 Å². The average Bonchev–Trinajstić information content (AvgIpc) is 2.97. The van der Waals surface area contributed by atoms with E-state index in [-0.39, 0.29) is 28.0 Å². The Morgan fingerprint density at radius 2 is 1.97 bits per heavy atom. The number of nitrogens with zero attached hydrogens (tertiary/aromatic N) is 2. The first-order chi connectivity index (χ1) is 13.9. The molecule has 2 aromatic carbocycles. The summed E-state index contributed by atoms with van der Waals surface area (Å²) in [7, 11) is 1.27. The van der Waals surface area contributed by atoms with Crippen molar-refractivity contribution in [1.82, 2.24) is 4.90 Å². The van der Waals surface area contributed by atoms with Crippen LogP contribution in [0.3, 0.4) is 0 Å². The summed E-state index contributed by atoms with van der Waals surface area (Å²) >= 11 is 0.780. The van der Waals surface area contributed by atoms with Gasteiger partial charge < -0.3 is 9.84 Å². The maximum absolute atomic E-state index is 12.6.